The average molecular weight is 755 g/mol. The Morgan fingerprint density at radius 2 is 1.70 bits per heavy atom. The zero-order valence-electron chi connectivity index (χ0n) is 29.1. The van der Waals surface area contributed by atoms with E-state index in [0.29, 0.717) is 58.6 Å². The number of imidazole rings is 1. The molecule has 1 unspecified atom stereocenters. The van der Waals surface area contributed by atoms with E-state index in [4.69, 9.17) is 0 Å². The molecule has 3 N–H and O–H groups in total. The van der Waals surface area contributed by atoms with Gasteiger partial charge in [-0.25, -0.2) is 18.2 Å². The number of carbonyl (C=O) groups is 4. The lowest BCUT2D eigenvalue weighted by Gasteiger charge is -2.67. The molecule has 2 bridgehead atoms. The summed E-state index contributed by atoms with van der Waals surface area (Å²) in [7, 11) is -2.66. The molecule has 3 saturated carbocycles. The fourth-order valence-corrected chi connectivity index (χ4v) is 10.4. The maximum Gasteiger partial charge on any atom is 0.329 e. The van der Waals surface area contributed by atoms with E-state index in [9.17, 15) is 37.5 Å². The molecule has 6 fully saturated rings. The standard InChI is InChI=1S/C38H35FN6O8S/c1-42-28-15-23(4-5-26(28)45(36(42)51)27-6-7-30(47)40-34(27)49)22-9-12-43(13-10-22)35(50)38-18-37(19-38,20-38)11-8-21-2-3-24-16-29(46)33(32(39)25(24)14-21)44-17-31(48)41-54(44,52)53/h2-5,14-16,22,27,46H,6-7,9-10,12-13,17-20H2,1H3,(H,41,48)(H,40,47,49). The Balaban J connectivity index is 0.851. The maximum atomic E-state index is 15.7. The lowest BCUT2D eigenvalue weighted by atomic mass is 9.35. The quantitative estimate of drug-likeness (QED) is 0.210. The second-order valence-electron chi connectivity index (χ2n) is 15.4. The van der Waals surface area contributed by atoms with Crippen LogP contribution in [0.2, 0.25) is 0 Å². The number of fused-ring (bicyclic) bond motifs is 2. The molecule has 278 valence electrons. The summed E-state index contributed by atoms with van der Waals surface area (Å²) in [5, 5.41) is 13.2. The number of carbonyl (C=O) groups excluding carboxylic acids is 4. The number of phenolic OH excluding ortho intramolecular Hbond substituents is 1. The highest BCUT2D eigenvalue weighted by Crippen LogP contribution is 2.73. The maximum absolute atomic E-state index is 15.7. The van der Waals surface area contributed by atoms with Crippen molar-refractivity contribution in [3.05, 3.63) is 69.9 Å². The molecule has 4 aromatic rings. The number of aromatic nitrogens is 2. The number of rotatable bonds is 4. The van der Waals surface area contributed by atoms with Gasteiger partial charge in [0.05, 0.1) is 16.4 Å². The molecule has 4 amide bonds. The van der Waals surface area contributed by atoms with Crippen LogP contribution >= 0.6 is 0 Å². The van der Waals surface area contributed by atoms with E-state index in [2.05, 4.69) is 17.2 Å². The first kappa shape index (κ1) is 34.1. The Kier molecular flexibility index (Phi) is 7.36. The zero-order chi connectivity index (χ0) is 37.9. The fraction of sp³-hybridized carbons (Fsp3) is 0.395. The number of amides is 4. The number of piperidine rings is 2. The van der Waals surface area contributed by atoms with Gasteiger partial charge in [0.2, 0.25) is 17.7 Å². The third kappa shape index (κ3) is 5.12. The summed E-state index contributed by atoms with van der Waals surface area (Å²) in [5.41, 5.74) is 1.28. The summed E-state index contributed by atoms with van der Waals surface area (Å²) >= 11 is 0. The van der Waals surface area contributed by atoms with Crippen molar-refractivity contribution in [1.82, 2.24) is 24.1 Å². The number of benzene rings is 3. The third-order valence-electron chi connectivity index (χ3n) is 11.9. The normalized spacial score (nSPS) is 26.2. The van der Waals surface area contributed by atoms with Crippen molar-refractivity contribution in [2.24, 2.45) is 17.9 Å². The SMILES string of the molecule is Cn1c(=O)n(C2CCC(=O)NC2=O)c2ccc(C3CCN(C(=O)C45CC(C#Cc6ccc7cc(O)c(N8CC(=O)NS8(=O)=O)c(F)c7c6)(C4)C5)CC3)cc21. The minimum absolute atomic E-state index is 0.0476. The Morgan fingerprint density at radius 1 is 0.963 bits per heavy atom. The van der Waals surface area contributed by atoms with Gasteiger partial charge < -0.3 is 10.0 Å². The number of nitrogens with one attached hydrogen (secondary N) is 2. The van der Waals surface area contributed by atoms with E-state index in [1.165, 1.54) is 21.3 Å². The van der Waals surface area contributed by atoms with Gasteiger partial charge in [0.25, 0.3) is 5.91 Å². The fourth-order valence-electron chi connectivity index (χ4n) is 9.26. The molecule has 3 aromatic carbocycles. The van der Waals surface area contributed by atoms with Crippen LogP contribution in [0, 0.1) is 28.5 Å². The molecule has 16 heteroatoms. The predicted molar refractivity (Wildman–Crippen MR) is 193 cm³/mol. The van der Waals surface area contributed by atoms with Crippen molar-refractivity contribution in [2.75, 3.05) is 23.9 Å². The second kappa shape index (κ2) is 11.7. The average Bonchev–Trinajstić information content (AvgIpc) is 3.52. The van der Waals surface area contributed by atoms with Crippen LogP contribution < -0.4 is 20.0 Å². The summed E-state index contributed by atoms with van der Waals surface area (Å²) in [4.78, 5) is 64.8. The molecule has 3 aliphatic heterocycles. The minimum atomic E-state index is -4.34. The van der Waals surface area contributed by atoms with Crippen LogP contribution in [0.4, 0.5) is 10.1 Å². The number of phenols is 1. The molecule has 3 aliphatic carbocycles. The van der Waals surface area contributed by atoms with Crippen molar-refractivity contribution in [1.29, 1.82) is 0 Å². The van der Waals surface area contributed by atoms with E-state index in [1.54, 1.807) is 23.9 Å². The smallest absolute Gasteiger partial charge is 0.329 e. The van der Waals surface area contributed by atoms with Gasteiger partial charge in [-0.05, 0) is 85.7 Å². The Bertz CT molecular complexity index is 2610. The molecule has 1 atom stereocenters. The first-order valence-corrected chi connectivity index (χ1v) is 19.3. The highest BCUT2D eigenvalue weighted by Gasteiger charge is 2.71. The largest absolute Gasteiger partial charge is 0.506 e. The van der Waals surface area contributed by atoms with Gasteiger partial charge in [0.15, 0.2) is 5.82 Å². The van der Waals surface area contributed by atoms with Crippen molar-refractivity contribution in [3.8, 4) is 17.6 Å². The second-order valence-corrected chi connectivity index (χ2v) is 17.0. The molecule has 1 aromatic heterocycles. The van der Waals surface area contributed by atoms with Crippen molar-refractivity contribution in [2.45, 2.75) is 56.9 Å². The molecule has 0 radical (unpaired) electrons. The lowest BCUT2D eigenvalue weighted by Crippen LogP contribution is -2.68. The van der Waals surface area contributed by atoms with Crippen LogP contribution in [-0.2, 0) is 36.4 Å². The highest BCUT2D eigenvalue weighted by atomic mass is 32.2. The van der Waals surface area contributed by atoms with E-state index >= 15 is 4.39 Å². The summed E-state index contributed by atoms with van der Waals surface area (Å²) in [6.07, 6.45) is 3.93. The molecule has 3 saturated heterocycles. The van der Waals surface area contributed by atoms with E-state index in [0.717, 1.165) is 18.4 Å². The summed E-state index contributed by atoms with van der Waals surface area (Å²) in [6, 6.07) is 11.1. The van der Waals surface area contributed by atoms with Crippen molar-refractivity contribution < 1.29 is 37.1 Å². The molecule has 6 aliphatic rings. The first-order valence-electron chi connectivity index (χ1n) is 17.8. The first-order chi connectivity index (χ1) is 25.7. The number of aryl methyl sites for hydroxylation is 1. The number of likely N-dealkylation sites (tertiary alicyclic amines) is 1. The van der Waals surface area contributed by atoms with Crippen LogP contribution in [0.3, 0.4) is 0 Å². The van der Waals surface area contributed by atoms with E-state index < -0.39 is 57.3 Å². The molecule has 10 rings (SSSR count). The third-order valence-corrected chi connectivity index (χ3v) is 13.3. The summed E-state index contributed by atoms with van der Waals surface area (Å²) in [6.45, 7) is 0.575. The van der Waals surface area contributed by atoms with Gasteiger partial charge in [-0.1, -0.05) is 24.0 Å². The van der Waals surface area contributed by atoms with Gasteiger partial charge in [0, 0.05) is 42.9 Å². The number of halogens is 1. The van der Waals surface area contributed by atoms with Crippen LogP contribution in [0.1, 0.15) is 68.0 Å². The van der Waals surface area contributed by atoms with Crippen LogP contribution in [0.15, 0.2) is 47.3 Å². The molecule has 0 spiro atoms. The van der Waals surface area contributed by atoms with Crippen LogP contribution in [0.5, 0.6) is 5.75 Å². The molecule has 54 heavy (non-hydrogen) atoms. The highest BCUT2D eigenvalue weighted by molar-refractivity contribution is 7.92. The molecule has 14 nitrogen and oxygen atoms in total. The summed E-state index contributed by atoms with van der Waals surface area (Å²) in [5.74, 6) is 3.53. The number of anilines is 1. The molecule has 4 heterocycles. The number of nitrogens with zero attached hydrogens (tertiary/aromatic N) is 4. The van der Waals surface area contributed by atoms with Crippen LogP contribution in [-0.4, -0.2) is 70.8 Å². The molecular weight excluding hydrogens is 720 g/mol. The van der Waals surface area contributed by atoms with Crippen LogP contribution in [0.25, 0.3) is 21.8 Å². The summed E-state index contributed by atoms with van der Waals surface area (Å²) < 4.78 is 45.7. The number of imide groups is 1. The van der Waals surface area contributed by atoms with Gasteiger partial charge in [-0.15, -0.1) is 0 Å². The Hall–Kier alpha value is -5.69. The minimum Gasteiger partial charge on any atom is -0.506 e. The van der Waals surface area contributed by atoms with Gasteiger partial charge in [0.1, 0.15) is 24.0 Å². The van der Waals surface area contributed by atoms with Crippen molar-refractivity contribution >= 4 is 61.3 Å². The predicted octanol–water partition coefficient (Wildman–Crippen LogP) is 2.42. The molecular formula is C38H35FN6O8S. The van der Waals surface area contributed by atoms with Gasteiger partial charge >= 0.3 is 15.9 Å². The van der Waals surface area contributed by atoms with E-state index in [-0.39, 0.29) is 47.1 Å². The number of hydrogen-bond donors (Lipinski definition) is 3. The topological polar surface area (TPSA) is 180 Å². The van der Waals surface area contributed by atoms with Gasteiger partial charge in [-0.3, -0.25) is 33.6 Å². The Labute approximate surface area is 308 Å². The number of hydrogen-bond acceptors (Lipinski definition) is 8. The zero-order valence-corrected chi connectivity index (χ0v) is 30.0. The van der Waals surface area contributed by atoms with E-state index in [1.807, 2.05) is 23.1 Å². The number of aromatic hydroxyl groups is 1. The lowest BCUT2D eigenvalue weighted by molar-refractivity contribution is -0.196. The monoisotopic (exact) mass is 754 g/mol. The van der Waals surface area contributed by atoms with Crippen molar-refractivity contribution in [3.63, 3.8) is 0 Å². The Morgan fingerprint density at radius 3 is 2.39 bits per heavy atom. The van der Waals surface area contributed by atoms with Gasteiger partial charge in [-0.2, -0.15) is 8.42 Å².